The number of carbonyl (C=O) groups excluding carboxylic acids is 1. The Hall–Kier alpha value is -2.99. The number of hydrogen-bond donors (Lipinski definition) is 1. The van der Waals surface area contributed by atoms with Crippen molar-refractivity contribution in [2.24, 2.45) is 5.10 Å². The molecule has 1 N–H and O–H groups in total. The van der Waals surface area contributed by atoms with Crippen molar-refractivity contribution in [2.45, 2.75) is 39.0 Å². The summed E-state index contributed by atoms with van der Waals surface area (Å²) < 4.78 is 7.42. The average Bonchev–Trinajstić information content (AvgIpc) is 3.05. The van der Waals surface area contributed by atoms with Crippen molar-refractivity contribution < 1.29 is 9.53 Å². The Morgan fingerprint density at radius 2 is 1.90 bits per heavy atom. The van der Waals surface area contributed by atoms with E-state index in [0.717, 1.165) is 34.0 Å². The molecule has 0 aliphatic heterocycles. The highest BCUT2D eigenvalue weighted by atomic mass is 32.2. The van der Waals surface area contributed by atoms with Crippen LogP contribution in [0.15, 0.2) is 58.5 Å². The van der Waals surface area contributed by atoms with Crippen LogP contribution in [0.3, 0.4) is 0 Å². The zero-order chi connectivity index (χ0) is 22.4. The van der Waals surface area contributed by atoms with Crippen LogP contribution in [-0.2, 0) is 11.2 Å². The van der Waals surface area contributed by atoms with E-state index in [0.29, 0.717) is 5.75 Å². The van der Waals surface area contributed by atoms with E-state index in [4.69, 9.17) is 4.74 Å². The van der Waals surface area contributed by atoms with Gasteiger partial charge in [0.1, 0.15) is 5.75 Å². The van der Waals surface area contributed by atoms with Gasteiger partial charge in [0.25, 0.3) is 0 Å². The third-order valence-corrected chi connectivity index (χ3v) is 6.23. The molecule has 0 unspecified atom stereocenters. The Bertz CT molecular complexity index is 1080. The van der Waals surface area contributed by atoms with Gasteiger partial charge in [-0.2, -0.15) is 5.10 Å². The van der Waals surface area contributed by atoms with E-state index in [1.165, 1.54) is 28.6 Å². The molecule has 2 aromatic carbocycles. The lowest BCUT2D eigenvalue weighted by atomic mass is 10.1. The van der Waals surface area contributed by atoms with Gasteiger partial charge in [-0.3, -0.25) is 4.79 Å². The summed E-state index contributed by atoms with van der Waals surface area (Å²) in [5.74, 6) is 0.956. The molecule has 0 aliphatic carbocycles. The zero-order valence-electron chi connectivity index (χ0n) is 18.7. The van der Waals surface area contributed by atoms with Crippen molar-refractivity contribution in [3.05, 3.63) is 76.6 Å². The summed E-state index contributed by atoms with van der Waals surface area (Å²) in [6, 6.07) is 16.2. The maximum atomic E-state index is 12.2. The van der Waals surface area contributed by atoms with E-state index in [1.807, 2.05) is 24.3 Å². The lowest BCUT2D eigenvalue weighted by Gasteiger charge is -2.17. The Labute approximate surface area is 188 Å². The van der Waals surface area contributed by atoms with Crippen molar-refractivity contribution >= 4 is 23.9 Å². The Kier molecular flexibility index (Phi) is 7.58. The largest absolute Gasteiger partial charge is 0.497 e. The molecule has 1 amide bonds. The van der Waals surface area contributed by atoms with Crippen LogP contribution in [0.25, 0.3) is 5.69 Å². The van der Waals surface area contributed by atoms with E-state index in [9.17, 15) is 4.79 Å². The first kappa shape index (κ1) is 22.7. The molecule has 0 spiro atoms. The van der Waals surface area contributed by atoms with Crippen LogP contribution in [0, 0.1) is 20.8 Å². The number of carbonyl (C=O) groups is 1. The van der Waals surface area contributed by atoms with Gasteiger partial charge < -0.3 is 9.30 Å². The van der Waals surface area contributed by atoms with Crippen molar-refractivity contribution in [1.29, 1.82) is 0 Å². The van der Waals surface area contributed by atoms with Crippen LogP contribution >= 0.6 is 11.8 Å². The standard InChI is InChI=1S/C25H29N3O2S/c1-6-20-9-7-8-17(2)25(20)28-18(3)14-21(19(28)4)15-26-27-24(29)16-31-23-12-10-22(30-5)11-13-23/h7-15H,6,16H2,1-5H3,(H,27,29)/b26-15+. The molecule has 0 radical (unpaired) electrons. The molecular weight excluding hydrogens is 406 g/mol. The number of ether oxygens (including phenoxy) is 1. The van der Waals surface area contributed by atoms with Crippen LogP contribution in [0.1, 0.15) is 35.0 Å². The van der Waals surface area contributed by atoms with Crippen LogP contribution in [-0.4, -0.2) is 29.6 Å². The third kappa shape index (κ3) is 5.39. The number of nitrogens with one attached hydrogen (secondary N) is 1. The Morgan fingerprint density at radius 1 is 1.16 bits per heavy atom. The molecule has 1 aromatic heterocycles. The Morgan fingerprint density at radius 3 is 2.58 bits per heavy atom. The highest BCUT2D eigenvalue weighted by molar-refractivity contribution is 8.00. The third-order valence-electron chi connectivity index (χ3n) is 5.22. The summed E-state index contributed by atoms with van der Waals surface area (Å²) >= 11 is 1.46. The molecule has 3 rings (SSSR count). The highest BCUT2D eigenvalue weighted by Gasteiger charge is 2.14. The number of hydrogen-bond acceptors (Lipinski definition) is 4. The van der Waals surface area contributed by atoms with Crippen LogP contribution in [0.2, 0.25) is 0 Å². The molecule has 0 saturated heterocycles. The van der Waals surface area contributed by atoms with Crippen LogP contribution in [0.5, 0.6) is 5.75 Å². The molecule has 3 aromatic rings. The van der Waals surface area contributed by atoms with Gasteiger partial charge in [-0.05, 0) is 68.7 Å². The van der Waals surface area contributed by atoms with Gasteiger partial charge in [0, 0.05) is 21.8 Å². The second-order valence-electron chi connectivity index (χ2n) is 7.36. The minimum atomic E-state index is -0.141. The normalized spacial score (nSPS) is 11.1. The number of aryl methyl sites for hydroxylation is 3. The minimum absolute atomic E-state index is 0.141. The highest BCUT2D eigenvalue weighted by Crippen LogP contribution is 2.26. The Balaban J connectivity index is 1.66. The lowest BCUT2D eigenvalue weighted by Crippen LogP contribution is -2.19. The molecule has 5 nitrogen and oxygen atoms in total. The van der Waals surface area contributed by atoms with E-state index >= 15 is 0 Å². The van der Waals surface area contributed by atoms with Crippen molar-refractivity contribution in [3.63, 3.8) is 0 Å². The molecule has 0 fully saturated rings. The summed E-state index contributed by atoms with van der Waals surface area (Å²) in [7, 11) is 1.63. The summed E-state index contributed by atoms with van der Waals surface area (Å²) in [5.41, 5.74) is 9.66. The lowest BCUT2D eigenvalue weighted by molar-refractivity contribution is -0.118. The smallest absolute Gasteiger partial charge is 0.250 e. The predicted octanol–water partition coefficient (Wildman–Crippen LogP) is 5.22. The number of aromatic nitrogens is 1. The average molecular weight is 436 g/mol. The van der Waals surface area contributed by atoms with E-state index in [2.05, 4.69) is 67.1 Å². The molecule has 0 aliphatic rings. The second kappa shape index (κ2) is 10.4. The molecule has 1 heterocycles. The van der Waals surface area contributed by atoms with Crippen molar-refractivity contribution in [1.82, 2.24) is 9.99 Å². The van der Waals surface area contributed by atoms with Crippen molar-refractivity contribution in [2.75, 3.05) is 12.9 Å². The van der Waals surface area contributed by atoms with Crippen LogP contribution in [0.4, 0.5) is 0 Å². The first-order valence-electron chi connectivity index (χ1n) is 10.3. The molecule has 0 bridgehead atoms. The summed E-state index contributed by atoms with van der Waals surface area (Å²) in [6.07, 6.45) is 2.69. The number of thioether (sulfide) groups is 1. The summed E-state index contributed by atoms with van der Waals surface area (Å²) in [4.78, 5) is 13.2. The number of rotatable bonds is 8. The molecule has 162 valence electrons. The van der Waals surface area contributed by atoms with Gasteiger partial charge in [0.2, 0.25) is 5.91 Å². The van der Waals surface area contributed by atoms with Gasteiger partial charge in [0.05, 0.1) is 24.8 Å². The van der Waals surface area contributed by atoms with Gasteiger partial charge in [0.15, 0.2) is 0 Å². The van der Waals surface area contributed by atoms with E-state index in [1.54, 1.807) is 13.3 Å². The maximum absolute atomic E-state index is 12.2. The topological polar surface area (TPSA) is 55.6 Å². The number of amides is 1. The molecule has 0 saturated carbocycles. The van der Waals surface area contributed by atoms with Gasteiger partial charge in [-0.25, -0.2) is 5.43 Å². The quantitative estimate of drug-likeness (QED) is 0.300. The van der Waals surface area contributed by atoms with Gasteiger partial charge in [-0.15, -0.1) is 11.8 Å². The number of hydrazone groups is 1. The fraction of sp³-hybridized carbons (Fsp3) is 0.280. The molecule has 31 heavy (non-hydrogen) atoms. The molecule has 0 atom stereocenters. The van der Waals surface area contributed by atoms with E-state index < -0.39 is 0 Å². The maximum Gasteiger partial charge on any atom is 0.250 e. The second-order valence-corrected chi connectivity index (χ2v) is 8.40. The molecule has 6 heteroatoms. The number of methoxy groups -OCH3 is 1. The number of nitrogens with zero attached hydrogens (tertiary/aromatic N) is 2. The van der Waals surface area contributed by atoms with Crippen LogP contribution < -0.4 is 10.2 Å². The fourth-order valence-electron chi connectivity index (χ4n) is 3.61. The number of para-hydroxylation sites is 1. The summed E-state index contributed by atoms with van der Waals surface area (Å²) in [6.45, 7) is 8.50. The van der Waals surface area contributed by atoms with Gasteiger partial charge in [-0.1, -0.05) is 25.1 Å². The first-order chi connectivity index (χ1) is 14.9. The first-order valence-corrected chi connectivity index (χ1v) is 11.3. The van der Waals surface area contributed by atoms with E-state index in [-0.39, 0.29) is 5.91 Å². The van der Waals surface area contributed by atoms with Crippen molar-refractivity contribution in [3.8, 4) is 11.4 Å². The SMILES string of the molecule is CCc1cccc(C)c1-n1c(C)cc(/C=N/NC(=O)CSc2ccc(OC)cc2)c1C. The zero-order valence-corrected chi connectivity index (χ0v) is 19.5. The predicted molar refractivity (Wildman–Crippen MR) is 129 cm³/mol. The fourth-order valence-corrected chi connectivity index (χ4v) is 4.31. The number of benzene rings is 2. The summed E-state index contributed by atoms with van der Waals surface area (Å²) in [5, 5.41) is 4.18. The van der Waals surface area contributed by atoms with Gasteiger partial charge >= 0.3 is 0 Å². The monoisotopic (exact) mass is 435 g/mol. The molecular formula is C25H29N3O2S. The minimum Gasteiger partial charge on any atom is -0.497 e.